The minimum atomic E-state index is -0.227. The van der Waals surface area contributed by atoms with E-state index >= 15 is 0 Å². The normalized spacial score (nSPS) is 14.9. The fraction of sp³-hybridized carbons (Fsp3) is 0.346. The van der Waals surface area contributed by atoms with E-state index in [2.05, 4.69) is 51.8 Å². The lowest BCUT2D eigenvalue weighted by molar-refractivity contribution is 0.400. The predicted molar refractivity (Wildman–Crippen MR) is 135 cm³/mol. The van der Waals surface area contributed by atoms with Crippen LogP contribution in [0.5, 0.6) is 5.88 Å². The molecular weight excluding hydrogens is 417 g/mol. The molecule has 33 heavy (non-hydrogen) atoms. The molecule has 1 aliphatic heterocycles. The zero-order valence-corrected chi connectivity index (χ0v) is 19.5. The number of nitrogens with one attached hydrogen (secondary N) is 3. The lowest BCUT2D eigenvalue weighted by Gasteiger charge is -2.38. The van der Waals surface area contributed by atoms with Gasteiger partial charge in [0.05, 0.1) is 29.9 Å². The first kappa shape index (κ1) is 22.7. The Labute approximate surface area is 195 Å². The highest BCUT2D eigenvalue weighted by Crippen LogP contribution is 2.43. The Kier molecular flexibility index (Phi) is 7.17. The number of rotatable bonds is 9. The third-order valence-electron chi connectivity index (χ3n) is 5.83. The lowest BCUT2D eigenvalue weighted by atomic mass is 10.0. The molecular formula is C26H32FN5O. The number of benzene rings is 2. The van der Waals surface area contributed by atoms with E-state index in [0.29, 0.717) is 11.9 Å². The second-order valence-corrected chi connectivity index (χ2v) is 8.20. The van der Waals surface area contributed by atoms with Gasteiger partial charge in [-0.1, -0.05) is 19.8 Å². The molecule has 3 aromatic rings. The zero-order chi connectivity index (χ0) is 23.2. The van der Waals surface area contributed by atoms with Crippen molar-refractivity contribution in [3.05, 3.63) is 60.5 Å². The van der Waals surface area contributed by atoms with E-state index < -0.39 is 0 Å². The predicted octanol–water partition coefficient (Wildman–Crippen LogP) is 6.53. The van der Waals surface area contributed by atoms with Crippen molar-refractivity contribution in [3.63, 3.8) is 0 Å². The molecule has 1 aromatic heterocycles. The Morgan fingerprint density at radius 2 is 1.94 bits per heavy atom. The highest BCUT2D eigenvalue weighted by atomic mass is 19.1. The maximum atomic E-state index is 13.6. The number of hydrogen-bond donors (Lipinski definition) is 3. The van der Waals surface area contributed by atoms with Gasteiger partial charge >= 0.3 is 0 Å². The molecule has 0 spiro atoms. The fourth-order valence-corrected chi connectivity index (χ4v) is 4.22. The van der Waals surface area contributed by atoms with Crippen LogP contribution in [0.15, 0.2) is 54.7 Å². The summed E-state index contributed by atoms with van der Waals surface area (Å²) in [5.74, 6) is 0.314. The molecule has 1 atom stereocenters. The lowest BCUT2D eigenvalue weighted by Crippen LogP contribution is -2.39. The van der Waals surface area contributed by atoms with E-state index in [1.807, 2.05) is 24.3 Å². The third-order valence-corrected chi connectivity index (χ3v) is 5.83. The summed E-state index contributed by atoms with van der Waals surface area (Å²) in [5, 5.41) is 10.7. The average molecular weight is 450 g/mol. The second kappa shape index (κ2) is 10.4. The minimum absolute atomic E-state index is 0.227. The maximum absolute atomic E-state index is 13.6. The van der Waals surface area contributed by atoms with Gasteiger partial charge in [0.15, 0.2) is 0 Å². The number of anilines is 6. The molecule has 2 heterocycles. The van der Waals surface area contributed by atoms with Crippen molar-refractivity contribution in [1.82, 2.24) is 4.98 Å². The van der Waals surface area contributed by atoms with Crippen LogP contribution < -0.4 is 25.6 Å². The summed E-state index contributed by atoms with van der Waals surface area (Å²) in [6.45, 7) is 5.89. The number of aromatic nitrogens is 1. The van der Waals surface area contributed by atoms with Crippen LogP contribution >= 0.6 is 0 Å². The number of halogens is 1. The first-order valence-electron chi connectivity index (χ1n) is 11.6. The van der Waals surface area contributed by atoms with Gasteiger partial charge in [0.1, 0.15) is 11.5 Å². The summed E-state index contributed by atoms with van der Waals surface area (Å²) in [5.41, 5.74) is 5.80. The van der Waals surface area contributed by atoms with E-state index in [1.165, 1.54) is 12.1 Å². The largest absolute Gasteiger partial charge is 0.480 e. The first-order valence-corrected chi connectivity index (χ1v) is 11.6. The van der Waals surface area contributed by atoms with Crippen LogP contribution in [0.2, 0.25) is 0 Å². The molecule has 7 heteroatoms. The Balaban J connectivity index is 1.76. The van der Waals surface area contributed by atoms with E-state index in [-0.39, 0.29) is 5.82 Å². The van der Waals surface area contributed by atoms with Crippen molar-refractivity contribution >= 4 is 34.1 Å². The van der Waals surface area contributed by atoms with Crippen molar-refractivity contribution in [2.24, 2.45) is 0 Å². The second-order valence-electron chi connectivity index (χ2n) is 8.20. The van der Waals surface area contributed by atoms with Gasteiger partial charge < -0.3 is 25.6 Å². The summed E-state index contributed by atoms with van der Waals surface area (Å²) >= 11 is 0. The van der Waals surface area contributed by atoms with Gasteiger partial charge in [-0.05, 0) is 61.9 Å². The van der Waals surface area contributed by atoms with Gasteiger partial charge in [-0.25, -0.2) is 9.37 Å². The van der Waals surface area contributed by atoms with Crippen LogP contribution in [0.25, 0.3) is 0 Å². The number of unbranched alkanes of at least 4 members (excludes halogenated alkanes) is 1. The van der Waals surface area contributed by atoms with Crippen molar-refractivity contribution < 1.29 is 9.13 Å². The number of fused-ring (bicyclic) bond motifs is 1. The van der Waals surface area contributed by atoms with Gasteiger partial charge in [0.25, 0.3) is 0 Å². The molecule has 0 saturated carbocycles. The number of hydrogen-bond acceptors (Lipinski definition) is 6. The molecule has 3 N–H and O–H groups in total. The molecule has 0 aliphatic carbocycles. The van der Waals surface area contributed by atoms with Crippen LogP contribution in [0.3, 0.4) is 0 Å². The molecule has 4 rings (SSSR count). The monoisotopic (exact) mass is 449 g/mol. The van der Waals surface area contributed by atoms with Gasteiger partial charge in [-0.15, -0.1) is 0 Å². The Morgan fingerprint density at radius 1 is 1.12 bits per heavy atom. The van der Waals surface area contributed by atoms with Crippen molar-refractivity contribution in [2.75, 3.05) is 41.0 Å². The summed E-state index contributed by atoms with van der Waals surface area (Å²) < 4.78 is 19.0. The molecule has 0 radical (unpaired) electrons. The number of nitrogens with zero attached hydrogens (tertiary/aromatic N) is 2. The third kappa shape index (κ3) is 5.13. The van der Waals surface area contributed by atoms with Crippen molar-refractivity contribution in [1.29, 1.82) is 0 Å². The highest BCUT2D eigenvalue weighted by molar-refractivity contribution is 5.90. The smallest absolute Gasteiger partial charge is 0.237 e. The molecule has 1 unspecified atom stereocenters. The highest BCUT2D eigenvalue weighted by Gasteiger charge is 2.26. The quantitative estimate of drug-likeness (QED) is 0.345. The van der Waals surface area contributed by atoms with Crippen LogP contribution in [0.4, 0.5) is 38.5 Å². The molecule has 174 valence electrons. The number of ether oxygens (including phenoxy) is 1. The van der Waals surface area contributed by atoms with Gasteiger partial charge in [-0.3, -0.25) is 0 Å². The fourth-order valence-electron chi connectivity index (χ4n) is 4.22. The summed E-state index contributed by atoms with van der Waals surface area (Å²) in [6.07, 6.45) is 5.08. The molecule has 0 saturated heterocycles. The summed E-state index contributed by atoms with van der Waals surface area (Å²) in [6, 6.07) is 15.1. The molecule has 6 nitrogen and oxygen atoms in total. The molecule has 2 aromatic carbocycles. The van der Waals surface area contributed by atoms with Crippen LogP contribution in [0, 0.1) is 5.82 Å². The average Bonchev–Trinajstić information content (AvgIpc) is 2.83. The molecule has 0 amide bonds. The Bertz CT molecular complexity index is 1070. The topological polar surface area (TPSA) is 61.5 Å². The van der Waals surface area contributed by atoms with E-state index in [4.69, 9.17) is 4.74 Å². The van der Waals surface area contributed by atoms with Crippen LogP contribution in [-0.2, 0) is 0 Å². The van der Waals surface area contributed by atoms with E-state index in [9.17, 15) is 4.39 Å². The molecule has 0 bridgehead atoms. The van der Waals surface area contributed by atoms with Crippen molar-refractivity contribution in [2.45, 2.75) is 39.2 Å². The first-order chi connectivity index (χ1) is 16.1. The van der Waals surface area contributed by atoms with Gasteiger partial charge in [0, 0.05) is 31.0 Å². The summed E-state index contributed by atoms with van der Waals surface area (Å²) in [7, 11) is 1.62. The maximum Gasteiger partial charge on any atom is 0.237 e. The number of pyridine rings is 1. The van der Waals surface area contributed by atoms with E-state index in [1.54, 1.807) is 13.3 Å². The van der Waals surface area contributed by atoms with Gasteiger partial charge in [-0.2, -0.15) is 0 Å². The van der Waals surface area contributed by atoms with Crippen LogP contribution in [-0.4, -0.2) is 31.2 Å². The number of methoxy groups -OCH3 is 1. The summed E-state index contributed by atoms with van der Waals surface area (Å²) in [4.78, 5) is 6.58. The van der Waals surface area contributed by atoms with Gasteiger partial charge in [0.2, 0.25) is 5.88 Å². The molecule has 0 fully saturated rings. The molecule has 1 aliphatic rings. The van der Waals surface area contributed by atoms with Crippen LogP contribution in [0.1, 0.15) is 33.1 Å². The van der Waals surface area contributed by atoms with E-state index in [0.717, 1.165) is 66.5 Å². The zero-order valence-electron chi connectivity index (χ0n) is 19.5. The Hall–Kier alpha value is -3.48. The minimum Gasteiger partial charge on any atom is -0.480 e. The Morgan fingerprint density at radius 3 is 2.67 bits per heavy atom. The SMILES string of the molecule is CCCCC1CN(c2ccc(F)cc2)c2cc(NCC)c(Nc3cccnc3OC)cc2N1. The van der Waals surface area contributed by atoms with Crippen molar-refractivity contribution in [3.8, 4) is 5.88 Å². The standard InChI is InChI=1S/C26H32FN5O/c1-4-6-8-19-17-32(20-12-10-18(27)11-13-20)25-16-22(28-5-2)23(15-24(25)30-19)31-21-9-7-14-29-26(21)33-3/h7,9-16,19,28,30-31H,4-6,8,17H2,1-3H3.